The van der Waals surface area contributed by atoms with Crippen LogP contribution in [0, 0.1) is 0 Å². The first-order chi connectivity index (χ1) is 6.68. The molecule has 0 heterocycles. The Morgan fingerprint density at radius 3 is 2.36 bits per heavy atom. The van der Waals surface area contributed by atoms with Gasteiger partial charge in [-0.05, 0) is 25.6 Å². The van der Waals surface area contributed by atoms with Gasteiger partial charge in [-0.2, -0.15) is 0 Å². The molecular weight excluding hydrogens is 196 g/mol. The molecule has 0 aromatic heterocycles. The van der Waals surface area contributed by atoms with Crippen molar-refractivity contribution in [3.05, 3.63) is 0 Å². The SMILES string of the molecule is CCCCCCCCOC(=S)C(C)O. The van der Waals surface area contributed by atoms with Crippen molar-refractivity contribution in [3.63, 3.8) is 0 Å². The largest absolute Gasteiger partial charge is 0.484 e. The first kappa shape index (κ1) is 13.8. The molecular formula is C11H22O2S. The van der Waals surface area contributed by atoms with Gasteiger partial charge in [0.25, 0.3) is 0 Å². The highest BCUT2D eigenvalue weighted by Crippen LogP contribution is 2.05. The van der Waals surface area contributed by atoms with Gasteiger partial charge in [-0.3, -0.25) is 0 Å². The van der Waals surface area contributed by atoms with E-state index in [1.165, 1.54) is 32.1 Å². The molecule has 0 saturated heterocycles. The van der Waals surface area contributed by atoms with E-state index in [1.807, 2.05) is 0 Å². The van der Waals surface area contributed by atoms with Gasteiger partial charge in [0.1, 0.15) is 6.10 Å². The second kappa shape index (κ2) is 9.41. The summed E-state index contributed by atoms with van der Waals surface area (Å²) in [5.41, 5.74) is 0. The fraction of sp³-hybridized carbons (Fsp3) is 0.909. The minimum Gasteiger partial charge on any atom is -0.484 e. The average molecular weight is 218 g/mol. The molecule has 3 heteroatoms. The molecule has 0 saturated carbocycles. The number of ether oxygens (including phenoxy) is 1. The molecule has 0 amide bonds. The number of thiocarbonyl (C=S) groups is 1. The maximum atomic E-state index is 9.03. The second-order valence-corrected chi connectivity index (χ2v) is 4.01. The lowest BCUT2D eigenvalue weighted by Gasteiger charge is -2.08. The molecule has 0 aromatic rings. The Morgan fingerprint density at radius 1 is 1.21 bits per heavy atom. The first-order valence-corrected chi connectivity index (χ1v) is 5.94. The van der Waals surface area contributed by atoms with Gasteiger partial charge in [0.2, 0.25) is 0 Å². The summed E-state index contributed by atoms with van der Waals surface area (Å²) in [4.78, 5) is 0. The van der Waals surface area contributed by atoms with Crippen molar-refractivity contribution >= 4 is 17.3 Å². The normalized spacial score (nSPS) is 12.5. The molecule has 1 N–H and O–H groups in total. The molecule has 0 aliphatic heterocycles. The van der Waals surface area contributed by atoms with Crippen molar-refractivity contribution in [2.45, 2.75) is 58.5 Å². The van der Waals surface area contributed by atoms with Gasteiger partial charge in [-0.25, -0.2) is 0 Å². The third-order valence-corrected chi connectivity index (χ3v) is 2.54. The highest BCUT2D eigenvalue weighted by Gasteiger charge is 2.03. The molecule has 0 aliphatic carbocycles. The summed E-state index contributed by atoms with van der Waals surface area (Å²) in [6.07, 6.45) is 6.81. The first-order valence-electron chi connectivity index (χ1n) is 5.53. The lowest BCUT2D eigenvalue weighted by molar-refractivity contribution is 0.203. The molecule has 1 unspecified atom stereocenters. The third-order valence-electron chi connectivity index (χ3n) is 2.08. The summed E-state index contributed by atoms with van der Waals surface area (Å²) in [6, 6.07) is 0. The Morgan fingerprint density at radius 2 is 1.79 bits per heavy atom. The van der Waals surface area contributed by atoms with Crippen LogP contribution in [0.2, 0.25) is 0 Å². The summed E-state index contributed by atoms with van der Waals surface area (Å²) < 4.78 is 5.19. The van der Waals surface area contributed by atoms with E-state index in [0.29, 0.717) is 11.7 Å². The van der Waals surface area contributed by atoms with Crippen LogP contribution in [0.15, 0.2) is 0 Å². The van der Waals surface area contributed by atoms with Crippen LogP contribution in [0.1, 0.15) is 52.4 Å². The molecule has 0 spiro atoms. The smallest absolute Gasteiger partial charge is 0.188 e. The van der Waals surface area contributed by atoms with E-state index >= 15 is 0 Å². The van der Waals surface area contributed by atoms with E-state index in [0.717, 1.165) is 6.42 Å². The maximum absolute atomic E-state index is 9.03. The van der Waals surface area contributed by atoms with Crippen LogP contribution in [-0.2, 0) is 4.74 Å². The predicted molar refractivity (Wildman–Crippen MR) is 63.6 cm³/mol. The summed E-state index contributed by atoms with van der Waals surface area (Å²) in [7, 11) is 0. The van der Waals surface area contributed by atoms with Crippen LogP contribution in [-0.4, -0.2) is 22.9 Å². The van der Waals surface area contributed by atoms with Gasteiger partial charge >= 0.3 is 0 Å². The number of rotatable bonds is 8. The van der Waals surface area contributed by atoms with Gasteiger partial charge in [0.05, 0.1) is 6.61 Å². The molecule has 0 radical (unpaired) electrons. The Balaban J connectivity index is 3.10. The van der Waals surface area contributed by atoms with Crippen molar-refractivity contribution in [3.8, 4) is 0 Å². The zero-order chi connectivity index (χ0) is 10.8. The summed E-state index contributed by atoms with van der Waals surface area (Å²) in [6.45, 7) is 4.49. The molecule has 2 nitrogen and oxygen atoms in total. The van der Waals surface area contributed by atoms with Crippen LogP contribution in [0.5, 0.6) is 0 Å². The quantitative estimate of drug-likeness (QED) is 0.501. The third kappa shape index (κ3) is 8.45. The number of hydrogen-bond donors (Lipinski definition) is 1. The van der Waals surface area contributed by atoms with Crippen LogP contribution < -0.4 is 0 Å². The molecule has 0 aliphatic rings. The van der Waals surface area contributed by atoms with Gasteiger partial charge in [0.15, 0.2) is 5.05 Å². The monoisotopic (exact) mass is 218 g/mol. The van der Waals surface area contributed by atoms with Crippen LogP contribution >= 0.6 is 12.2 Å². The van der Waals surface area contributed by atoms with Crippen LogP contribution in [0.4, 0.5) is 0 Å². The Bertz CT molecular complexity index is 146. The van der Waals surface area contributed by atoms with E-state index in [4.69, 9.17) is 22.1 Å². The molecule has 0 rings (SSSR count). The lowest BCUT2D eigenvalue weighted by Crippen LogP contribution is -2.17. The van der Waals surface area contributed by atoms with E-state index in [1.54, 1.807) is 6.92 Å². The average Bonchev–Trinajstić information content (AvgIpc) is 2.16. The predicted octanol–water partition coefficient (Wildman–Crippen LogP) is 3.07. The van der Waals surface area contributed by atoms with Crippen molar-refractivity contribution in [2.75, 3.05) is 6.61 Å². The number of aliphatic hydroxyl groups excluding tert-OH is 1. The molecule has 0 fully saturated rings. The van der Waals surface area contributed by atoms with E-state index in [9.17, 15) is 0 Å². The van der Waals surface area contributed by atoms with Gasteiger partial charge in [0, 0.05) is 0 Å². The van der Waals surface area contributed by atoms with Crippen molar-refractivity contribution in [1.82, 2.24) is 0 Å². The number of hydrogen-bond acceptors (Lipinski definition) is 3. The topological polar surface area (TPSA) is 29.5 Å². The molecule has 0 bridgehead atoms. The van der Waals surface area contributed by atoms with E-state index in [2.05, 4.69) is 6.92 Å². The Labute approximate surface area is 92.7 Å². The van der Waals surface area contributed by atoms with Crippen molar-refractivity contribution in [2.24, 2.45) is 0 Å². The Hall–Kier alpha value is -0.150. The van der Waals surface area contributed by atoms with Crippen molar-refractivity contribution < 1.29 is 9.84 Å². The molecule has 1 atom stereocenters. The van der Waals surface area contributed by atoms with Crippen molar-refractivity contribution in [1.29, 1.82) is 0 Å². The fourth-order valence-corrected chi connectivity index (χ4v) is 1.26. The molecule has 0 aromatic carbocycles. The summed E-state index contributed by atoms with van der Waals surface area (Å²) in [5, 5.41) is 9.35. The van der Waals surface area contributed by atoms with Gasteiger partial charge < -0.3 is 9.84 Å². The maximum Gasteiger partial charge on any atom is 0.188 e. The minimum atomic E-state index is -0.620. The zero-order valence-electron chi connectivity index (χ0n) is 9.29. The van der Waals surface area contributed by atoms with E-state index in [-0.39, 0.29) is 0 Å². The molecule has 84 valence electrons. The zero-order valence-corrected chi connectivity index (χ0v) is 10.1. The molecule has 14 heavy (non-hydrogen) atoms. The van der Waals surface area contributed by atoms with Crippen LogP contribution in [0.25, 0.3) is 0 Å². The Kier molecular flexibility index (Phi) is 9.31. The highest BCUT2D eigenvalue weighted by molar-refractivity contribution is 7.80. The highest BCUT2D eigenvalue weighted by atomic mass is 32.1. The van der Waals surface area contributed by atoms with Gasteiger partial charge in [-0.1, -0.05) is 39.0 Å². The standard InChI is InChI=1S/C11H22O2S/c1-3-4-5-6-7-8-9-13-11(14)10(2)12/h10,12H,3-9H2,1-2H3. The summed E-state index contributed by atoms with van der Waals surface area (Å²) in [5.74, 6) is 0. The minimum absolute atomic E-state index is 0.318. The second-order valence-electron chi connectivity index (χ2n) is 3.61. The van der Waals surface area contributed by atoms with Gasteiger partial charge in [-0.15, -0.1) is 0 Å². The fourth-order valence-electron chi connectivity index (χ4n) is 1.18. The number of unbranched alkanes of at least 4 members (excludes halogenated alkanes) is 5. The summed E-state index contributed by atoms with van der Waals surface area (Å²) >= 11 is 4.83. The number of aliphatic hydroxyl groups is 1. The van der Waals surface area contributed by atoms with E-state index < -0.39 is 6.10 Å². The van der Waals surface area contributed by atoms with Crippen LogP contribution in [0.3, 0.4) is 0 Å². The lowest BCUT2D eigenvalue weighted by atomic mass is 10.1.